The minimum absolute atomic E-state index is 0. The van der Waals surface area contributed by atoms with Gasteiger partial charge in [0.25, 0.3) is 0 Å². The summed E-state index contributed by atoms with van der Waals surface area (Å²) in [7, 11) is 0. The first-order valence-corrected chi connectivity index (χ1v) is 9.20. The summed E-state index contributed by atoms with van der Waals surface area (Å²) in [5.74, 6) is 0.0649. The number of carbonyl (C=O) groups is 1. The molecule has 0 aliphatic carbocycles. The third kappa shape index (κ3) is 7.23. The molecule has 0 spiro atoms. The molecule has 1 unspecified atom stereocenters. The maximum atomic E-state index is 12.3. The van der Waals surface area contributed by atoms with Crippen LogP contribution in [0.1, 0.15) is 45.2 Å². The van der Waals surface area contributed by atoms with Crippen LogP contribution in [-0.4, -0.2) is 42.6 Å². The summed E-state index contributed by atoms with van der Waals surface area (Å²) in [6.45, 7) is 11.7. The minimum atomic E-state index is 0. The molecule has 1 heterocycles. The SMILES string of the molecule is CC(C)OCc1cccc(CNC(=O)CN2CCC(N)C(C)(C)C2)c1.Cl. The molecule has 1 aromatic rings. The van der Waals surface area contributed by atoms with Gasteiger partial charge in [0.1, 0.15) is 0 Å². The van der Waals surface area contributed by atoms with E-state index < -0.39 is 0 Å². The number of rotatable bonds is 7. The Morgan fingerprint density at radius 1 is 1.38 bits per heavy atom. The van der Waals surface area contributed by atoms with Crippen LogP contribution in [0.25, 0.3) is 0 Å². The lowest BCUT2D eigenvalue weighted by atomic mass is 9.80. The van der Waals surface area contributed by atoms with Crippen LogP contribution >= 0.6 is 12.4 Å². The van der Waals surface area contributed by atoms with Gasteiger partial charge in [0, 0.05) is 25.7 Å². The number of likely N-dealkylation sites (tertiary alicyclic amines) is 1. The van der Waals surface area contributed by atoms with Crippen LogP contribution in [0.3, 0.4) is 0 Å². The Labute approximate surface area is 164 Å². The number of nitrogens with zero attached hydrogens (tertiary/aromatic N) is 1. The molecule has 0 saturated carbocycles. The molecule has 1 saturated heterocycles. The summed E-state index contributed by atoms with van der Waals surface area (Å²) in [6.07, 6.45) is 1.16. The standard InChI is InChI=1S/C20H33N3O2.ClH/c1-15(2)25-13-17-7-5-6-16(10-17)11-22-19(24)12-23-9-8-18(21)20(3,4)14-23;/h5-7,10,15,18H,8-9,11-14,21H2,1-4H3,(H,22,24);1H. The van der Waals surface area contributed by atoms with Crippen LogP contribution in [0.5, 0.6) is 0 Å². The highest BCUT2D eigenvalue weighted by atomic mass is 35.5. The number of piperidine rings is 1. The fourth-order valence-corrected chi connectivity index (χ4v) is 3.17. The molecule has 0 bridgehead atoms. The predicted octanol–water partition coefficient (Wildman–Crippen LogP) is 2.71. The lowest BCUT2D eigenvalue weighted by Gasteiger charge is -2.42. The second-order valence-electron chi connectivity index (χ2n) is 8.05. The van der Waals surface area contributed by atoms with Gasteiger partial charge in [-0.1, -0.05) is 38.1 Å². The number of carbonyl (C=O) groups excluding carboxylic acids is 1. The highest BCUT2D eigenvalue weighted by Gasteiger charge is 2.33. The molecule has 6 heteroatoms. The van der Waals surface area contributed by atoms with E-state index in [9.17, 15) is 4.79 Å². The molecule has 5 nitrogen and oxygen atoms in total. The van der Waals surface area contributed by atoms with E-state index in [2.05, 4.69) is 30.1 Å². The van der Waals surface area contributed by atoms with Crippen molar-refractivity contribution in [3.8, 4) is 0 Å². The molecule has 0 radical (unpaired) electrons. The van der Waals surface area contributed by atoms with Gasteiger partial charge in [-0.25, -0.2) is 0 Å². The van der Waals surface area contributed by atoms with E-state index in [-0.39, 0.29) is 35.9 Å². The first-order chi connectivity index (χ1) is 11.8. The Morgan fingerprint density at radius 3 is 2.73 bits per heavy atom. The number of halogens is 1. The van der Waals surface area contributed by atoms with Crippen LogP contribution in [0.15, 0.2) is 24.3 Å². The summed E-state index contributed by atoms with van der Waals surface area (Å²) in [6, 6.07) is 8.39. The number of nitrogens with one attached hydrogen (secondary N) is 1. The van der Waals surface area contributed by atoms with E-state index in [1.807, 2.05) is 32.0 Å². The van der Waals surface area contributed by atoms with Gasteiger partial charge in [0.05, 0.1) is 19.3 Å². The van der Waals surface area contributed by atoms with Gasteiger partial charge in [0.2, 0.25) is 5.91 Å². The van der Waals surface area contributed by atoms with Crippen molar-refractivity contribution in [1.82, 2.24) is 10.2 Å². The normalized spacial score (nSPS) is 19.8. The van der Waals surface area contributed by atoms with Gasteiger partial charge in [0.15, 0.2) is 0 Å². The summed E-state index contributed by atoms with van der Waals surface area (Å²) in [5.41, 5.74) is 8.45. The van der Waals surface area contributed by atoms with Crippen molar-refractivity contribution in [2.75, 3.05) is 19.6 Å². The average molecular weight is 384 g/mol. The summed E-state index contributed by atoms with van der Waals surface area (Å²) in [4.78, 5) is 14.5. The first kappa shape index (κ1) is 22.9. The van der Waals surface area contributed by atoms with Gasteiger partial charge >= 0.3 is 0 Å². The number of nitrogens with two attached hydrogens (primary N) is 1. The van der Waals surface area contributed by atoms with E-state index in [4.69, 9.17) is 10.5 Å². The third-order valence-corrected chi connectivity index (χ3v) is 4.82. The molecular weight excluding hydrogens is 350 g/mol. The van der Waals surface area contributed by atoms with Crippen molar-refractivity contribution in [3.63, 3.8) is 0 Å². The van der Waals surface area contributed by atoms with Crippen molar-refractivity contribution in [2.24, 2.45) is 11.1 Å². The van der Waals surface area contributed by atoms with Crippen LogP contribution in [0, 0.1) is 5.41 Å². The fraction of sp³-hybridized carbons (Fsp3) is 0.650. The van der Waals surface area contributed by atoms with Crippen molar-refractivity contribution in [3.05, 3.63) is 35.4 Å². The van der Waals surface area contributed by atoms with Crippen LogP contribution < -0.4 is 11.1 Å². The first-order valence-electron chi connectivity index (χ1n) is 9.20. The zero-order valence-electron chi connectivity index (χ0n) is 16.5. The third-order valence-electron chi connectivity index (χ3n) is 4.82. The zero-order valence-corrected chi connectivity index (χ0v) is 17.3. The highest BCUT2D eigenvalue weighted by Crippen LogP contribution is 2.27. The van der Waals surface area contributed by atoms with Crippen molar-refractivity contribution >= 4 is 18.3 Å². The molecule has 1 aromatic carbocycles. The largest absolute Gasteiger partial charge is 0.374 e. The molecule has 1 amide bonds. The number of ether oxygens (including phenoxy) is 1. The second-order valence-corrected chi connectivity index (χ2v) is 8.05. The molecule has 0 aromatic heterocycles. The Balaban J connectivity index is 0.00000338. The average Bonchev–Trinajstić information content (AvgIpc) is 2.54. The van der Waals surface area contributed by atoms with E-state index >= 15 is 0 Å². The maximum Gasteiger partial charge on any atom is 0.234 e. The van der Waals surface area contributed by atoms with Gasteiger partial charge in [-0.2, -0.15) is 0 Å². The minimum Gasteiger partial charge on any atom is -0.374 e. The van der Waals surface area contributed by atoms with E-state index in [0.29, 0.717) is 19.7 Å². The zero-order chi connectivity index (χ0) is 18.4. The smallest absolute Gasteiger partial charge is 0.234 e. The Bertz CT molecular complexity index is 578. The summed E-state index contributed by atoms with van der Waals surface area (Å²) in [5, 5.41) is 3.02. The molecule has 1 aliphatic rings. The van der Waals surface area contributed by atoms with E-state index in [1.54, 1.807) is 0 Å². The van der Waals surface area contributed by atoms with Gasteiger partial charge in [-0.15, -0.1) is 12.4 Å². The number of hydrogen-bond donors (Lipinski definition) is 2. The Hall–Kier alpha value is -1.14. The van der Waals surface area contributed by atoms with Crippen molar-refractivity contribution in [1.29, 1.82) is 0 Å². The quantitative estimate of drug-likeness (QED) is 0.759. The fourth-order valence-electron chi connectivity index (χ4n) is 3.17. The monoisotopic (exact) mass is 383 g/mol. The lowest BCUT2D eigenvalue weighted by Crippen LogP contribution is -2.54. The topological polar surface area (TPSA) is 67.6 Å². The maximum absolute atomic E-state index is 12.3. The van der Waals surface area contributed by atoms with E-state index in [1.165, 1.54) is 0 Å². The molecular formula is C20H34ClN3O2. The molecule has 26 heavy (non-hydrogen) atoms. The van der Waals surface area contributed by atoms with Crippen LogP contribution in [0.4, 0.5) is 0 Å². The molecule has 3 N–H and O–H groups in total. The van der Waals surface area contributed by atoms with Gasteiger partial charge < -0.3 is 15.8 Å². The lowest BCUT2D eigenvalue weighted by molar-refractivity contribution is -0.123. The van der Waals surface area contributed by atoms with E-state index in [0.717, 1.165) is 30.6 Å². The molecule has 2 rings (SSSR count). The molecule has 1 fully saturated rings. The van der Waals surface area contributed by atoms with Crippen molar-refractivity contribution in [2.45, 2.75) is 59.4 Å². The second kappa shape index (κ2) is 10.3. The number of hydrogen-bond acceptors (Lipinski definition) is 4. The van der Waals surface area contributed by atoms with Crippen LogP contribution in [0.2, 0.25) is 0 Å². The number of amides is 1. The highest BCUT2D eigenvalue weighted by molar-refractivity contribution is 5.85. The Kier molecular flexibility index (Phi) is 9.04. The molecule has 1 atom stereocenters. The number of benzene rings is 1. The van der Waals surface area contributed by atoms with Gasteiger partial charge in [-0.05, 0) is 36.8 Å². The van der Waals surface area contributed by atoms with Gasteiger partial charge in [-0.3, -0.25) is 9.69 Å². The van der Waals surface area contributed by atoms with Crippen LogP contribution in [-0.2, 0) is 22.7 Å². The van der Waals surface area contributed by atoms with Crippen molar-refractivity contribution < 1.29 is 9.53 Å². The Morgan fingerprint density at radius 2 is 2.08 bits per heavy atom. The molecule has 1 aliphatic heterocycles. The summed E-state index contributed by atoms with van der Waals surface area (Å²) < 4.78 is 5.63. The summed E-state index contributed by atoms with van der Waals surface area (Å²) >= 11 is 0. The molecule has 148 valence electrons. The predicted molar refractivity (Wildman–Crippen MR) is 108 cm³/mol.